The first kappa shape index (κ1) is 13.0. The molecule has 0 bridgehead atoms. The molecule has 0 aliphatic rings. The molecule has 80 valence electrons. The molecule has 2 atom stereocenters. The van der Waals surface area contributed by atoms with Crippen molar-refractivity contribution in [2.24, 2.45) is 11.8 Å². The summed E-state index contributed by atoms with van der Waals surface area (Å²) < 4.78 is 0. The van der Waals surface area contributed by atoms with Crippen molar-refractivity contribution in [1.82, 2.24) is 0 Å². The van der Waals surface area contributed by atoms with Gasteiger partial charge in [-0.15, -0.1) is 0 Å². The minimum Gasteiger partial charge on any atom is -0.396 e. The Hall–Kier alpha value is -0.0400. The Morgan fingerprint density at radius 1 is 1.00 bits per heavy atom. The zero-order valence-corrected chi connectivity index (χ0v) is 9.55. The number of rotatable bonds is 8. The van der Waals surface area contributed by atoms with Crippen LogP contribution in [0.1, 0.15) is 59.3 Å². The van der Waals surface area contributed by atoms with E-state index in [1.807, 2.05) is 0 Å². The van der Waals surface area contributed by atoms with Gasteiger partial charge in [-0.3, -0.25) is 0 Å². The van der Waals surface area contributed by atoms with Gasteiger partial charge in [0, 0.05) is 6.61 Å². The van der Waals surface area contributed by atoms with Crippen LogP contribution in [0.3, 0.4) is 0 Å². The van der Waals surface area contributed by atoms with E-state index in [0.29, 0.717) is 12.5 Å². The first-order valence-electron chi connectivity index (χ1n) is 5.81. The fraction of sp³-hybridized carbons (Fsp3) is 1.00. The number of hydrogen-bond donors (Lipinski definition) is 1. The van der Waals surface area contributed by atoms with Crippen LogP contribution in [0.15, 0.2) is 0 Å². The summed E-state index contributed by atoms with van der Waals surface area (Å²) in [6.45, 7) is 7.03. The van der Waals surface area contributed by atoms with Gasteiger partial charge in [-0.2, -0.15) is 0 Å². The van der Waals surface area contributed by atoms with E-state index in [1.54, 1.807) is 0 Å². The van der Waals surface area contributed by atoms with E-state index in [-0.39, 0.29) is 0 Å². The lowest BCUT2D eigenvalue weighted by molar-refractivity contribution is 0.212. The Labute approximate surface area is 83.5 Å². The molecule has 0 aromatic heterocycles. The number of hydrogen-bond acceptors (Lipinski definition) is 1. The standard InChI is InChI=1S/C12H26O/c1-4-5-6-7-8-11(2)9-12(3)10-13/h11-13H,4-10H2,1-3H3. The van der Waals surface area contributed by atoms with Crippen LogP contribution >= 0.6 is 0 Å². The maximum Gasteiger partial charge on any atom is 0.0456 e. The Kier molecular flexibility index (Phi) is 8.53. The molecule has 13 heavy (non-hydrogen) atoms. The Bertz CT molecular complexity index is 101. The molecule has 0 saturated heterocycles. The third kappa shape index (κ3) is 8.29. The maximum atomic E-state index is 8.89. The zero-order valence-electron chi connectivity index (χ0n) is 9.55. The third-order valence-corrected chi connectivity index (χ3v) is 2.67. The second-order valence-corrected chi connectivity index (χ2v) is 4.48. The van der Waals surface area contributed by atoms with Gasteiger partial charge < -0.3 is 5.11 Å². The highest BCUT2D eigenvalue weighted by Crippen LogP contribution is 2.18. The fourth-order valence-corrected chi connectivity index (χ4v) is 1.80. The van der Waals surface area contributed by atoms with Crippen molar-refractivity contribution < 1.29 is 5.11 Å². The highest BCUT2D eigenvalue weighted by molar-refractivity contribution is 4.58. The molecule has 0 fully saturated rings. The summed E-state index contributed by atoms with van der Waals surface area (Å²) in [6.07, 6.45) is 7.97. The van der Waals surface area contributed by atoms with Crippen molar-refractivity contribution in [3.05, 3.63) is 0 Å². The molecule has 0 radical (unpaired) electrons. The van der Waals surface area contributed by atoms with Gasteiger partial charge in [0.05, 0.1) is 0 Å². The van der Waals surface area contributed by atoms with Crippen LogP contribution in [-0.2, 0) is 0 Å². The second kappa shape index (κ2) is 8.55. The van der Waals surface area contributed by atoms with Crippen molar-refractivity contribution in [1.29, 1.82) is 0 Å². The molecule has 0 aliphatic carbocycles. The highest BCUT2D eigenvalue weighted by atomic mass is 16.3. The third-order valence-electron chi connectivity index (χ3n) is 2.67. The predicted octanol–water partition coefficient (Wildman–Crippen LogP) is 3.61. The highest BCUT2D eigenvalue weighted by Gasteiger charge is 2.06. The van der Waals surface area contributed by atoms with Crippen molar-refractivity contribution in [3.8, 4) is 0 Å². The molecule has 1 heteroatoms. The number of aliphatic hydroxyl groups is 1. The van der Waals surface area contributed by atoms with E-state index >= 15 is 0 Å². The maximum absolute atomic E-state index is 8.89. The van der Waals surface area contributed by atoms with E-state index in [2.05, 4.69) is 20.8 Å². The predicted molar refractivity (Wildman–Crippen MR) is 58.8 cm³/mol. The van der Waals surface area contributed by atoms with Gasteiger partial charge in [-0.25, -0.2) is 0 Å². The molecule has 0 heterocycles. The van der Waals surface area contributed by atoms with Gasteiger partial charge in [-0.05, 0) is 18.3 Å². The van der Waals surface area contributed by atoms with Crippen LogP contribution < -0.4 is 0 Å². The van der Waals surface area contributed by atoms with Gasteiger partial charge in [0.15, 0.2) is 0 Å². The smallest absolute Gasteiger partial charge is 0.0456 e. The van der Waals surface area contributed by atoms with Crippen LogP contribution in [0, 0.1) is 11.8 Å². The fourth-order valence-electron chi connectivity index (χ4n) is 1.80. The lowest BCUT2D eigenvalue weighted by atomic mass is 9.93. The molecular formula is C12H26O. The van der Waals surface area contributed by atoms with Crippen LogP contribution in [-0.4, -0.2) is 11.7 Å². The molecular weight excluding hydrogens is 160 g/mol. The Morgan fingerprint density at radius 2 is 1.69 bits per heavy atom. The molecule has 1 nitrogen and oxygen atoms in total. The van der Waals surface area contributed by atoms with Crippen LogP contribution in [0.25, 0.3) is 0 Å². The van der Waals surface area contributed by atoms with Gasteiger partial charge in [0.2, 0.25) is 0 Å². The molecule has 2 unspecified atom stereocenters. The summed E-state index contributed by atoms with van der Waals surface area (Å²) in [4.78, 5) is 0. The first-order chi connectivity index (χ1) is 6.20. The topological polar surface area (TPSA) is 20.2 Å². The summed E-state index contributed by atoms with van der Waals surface area (Å²) >= 11 is 0. The molecule has 0 aromatic rings. The van der Waals surface area contributed by atoms with Gasteiger partial charge in [-0.1, -0.05) is 52.9 Å². The van der Waals surface area contributed by atoms with E-state index in [0.717, 1.165) is 5.92 Å². The molecule has 0 aliphatic heterocycles. The summed E-state index contributed by atoms with van der Waals surface area (Å²) in [5.74, 6) is 1.28. The van der Waals surface area contributed by atoms with E-state index < -0.39 is 0 Å². The lowest BCUT2D eigenvalue weighted by Crippen LogP contribution is -2.06. The summed E-state index contributed by atoms with van der Waals surface area (Å²) in [5, 5.41) is 8.89. The van der Waals surface area contributed by atoms with E-state index in [9.17, 15) is 0 Å². The Balaban J connectivity index is 3.24. The molecule has 0 spiro atoms. The van der Waals surface area contributed by atoms with Crippen LogP contribution in [0.5, 0.6) is 0 Å². The average molecular weight is 186 g/mol. The van der Waals surface area contributed by atoms with Gasteiger partial charge in [0.25, 0.3) is 0 Å². The molecule has 0 rings (SSSR count). The van der Waals surface area contributed by atoms with Crippen molar-refractivity contribution in [3.63, 3.8) is 0 Å². The summed E-state index contributed by atoms with van der Waals surface area (Å²) in [7, 11) is 0. The van der Waals surface area contributed by atoms with Crippen molar-refractivity contribution in [2.75, 3.05) is 6.61 Å². The Morgan fingerprint density at radius 3 is 2.23 bits per heavy atom. The van der Waals surface area contributed by atoms with Crippen molar-refractivity contribution in [2.45, 2.75) is 59.3 Å². The zero-order chi connectivity index (χ0) is 10.1. The molecule has 0 amide bonds. The quantitative estimate of drug-likeness (QED) is 0.574. The van der Waals surface area contributed by atoms with Gasteiger partial charge in [0.1, 0.15) is 0 Å². The first-order valence-corrected chi connectivity index (χ1v) is 5.81. The molecule has 0 aromatic carbocycles. The van der Waals surface area contributed by atoms with Crippen molar-refractivity contribution >= 4 is 0 Å². The number of aliphatic hydroxyl groups excluding tert-OH is 1. The monoisotopic (exact) mass is 186 g/mol. The average Bonchev–Trinajstić information content (AvgIpc) is 2.12. The minimum atomic E-state index is 0.347. The summed E-state index contributed by atoms with van der Waals surface area (Å²) in [6, 6.07) is 0. The van der Waals surface area contributed by atoms with Gasteiger partial charge >= 0.3 is 0 Å². The van der Waals surface area contributed by atoms with Crippen LogP contribution in [0.4, 0.5) is 0 Å². The van der Waals surface area contributed by atoms with Crippen LogP contribution in [0.2, 0.25) is 0 Å². The SMILES string of the molecule is CCCCCCC(C)CC(C)CO. The van der Waals surface area contributed by atoms with E-state index in [1.165, 1.54) is 38.5 Å². The molecule has 0 saturated carbocycles. The largest absolute Gasteiger partial charge is 0.396 e. The lowest BCUT2D eigenvalue weighted by Gasteiger charge is -2.14. The summed E-state index contributed by atoms with van der Waals surface area (Å²) in [5.41, 5.74) is 0. The minimum absolute atomic E-state index is 0.347. The number of unbranched alkanes of at least 4 members (excludes halogenated alkanes) is 3. The second-order valence-electron chi connectivity index (χ2n) is 4.48. The van der Waals surface area contributed by atoms with E-state index in [4.69, 9.17) is 5.11 Å². The normalized spacial score (nSPS) is 15.7. The molecule has 1 N–H and O–H groups in total.